The molecule has 0 saturated carbocycles. The molecule has 4 nitrogen and oxygen atoms in total. The molecule has 0 fully saturated rings. The zero-order valence-corrected chi connectivity index (χ0v) is 14.3. The molecule has 0 heterocycles. The van der Waals surface area contributed by atoms with Crippen molar-refractivity contribution < 1.29 is 18.3 Å². The number of rotatable bonds is 8. The zero-order chi connectivity index (χ0) is 18.2. The lowest BCUT2D eigenvalue weighted by atomic mass is 10.1. The van der Waals surface area contributed by atoms with E-state index >= 15 is 0 Å². The first-order valence-corrected chi connectivity index (χ1v) is 8.19. The van der Waals surface area contributed by atoms with Crippen LogP contribution >= 0.6 is 0 Å². The Labute approximate surface area is 146 Å². The van der Waals surface area contributed by atoms with Crippen LogP contribution in [0.1, 0.15) is 25.5 Å². The Balaban J connectivity index is 2.15. The first-order valence-electron chi connectivity index (χ1n) is 8.19. The molecule has 0 aliphatic heterocycles. The summed E-state index contributed by atoms with van der Waals surface area (Å²) in [6, 6.07) is 12.2. The van der Waals surface area contributed by atoms with Gasteiger partial charge in [-0.15, -0.1) is 0 Å². The van der Waals surface area contributed by atoms with Gasteiger partial charge in [0, 0.05) is 24.2 Å². The van der Waals surface area contributed by atoms with Crippen molar-refractivity contribution in [2.24, 2.45) is 0 Å². The minimum atomic E-state index is -1.02. The van der Waals surface area contributed by atoms with E-state index < -0.39 is 17.7 Å². The van der Waals surface area contributed by atoms with Gasteiger partial charge in [-0.1, -0.05) is 37.3 Å². The van der Waals surface area contributed by atoms with Crippen molar-refractivity contribution in [3.8, 4) is 5.75 Å². The molecule has 25 heavy (non-hydrogen) atoms. The van der Waals surface area contributed by atoms with Crippen LogP contribution in [-0.2, 0) is 4.79 Å². The van der Waals surface area contributed by atoms with Gasteiger partial charge >= 0.3 is 0 Å². The van der Waals surface area contributed by atoms with E-state index in [1.807, 2.05) is 19.9 Å². The van der Waals surface area contributed by atoms with Crippen molar-refractivity contribution in [3.05, 3.63) is 65.7 Å². The van der Waals surface area contributed by atoms with Crippen LogP contribution in [0.4, 0.5) is 8.78 Å². The van der Waals surface area contributed by atoms with E-state index in [-0.39, 0.29) is 17.7 Å². The van der Waals surface area contributed by atoms with Crippen LogP contribution in [0.25, 0.3) is 0 Å². The van der Waals surface area contributed by atoms with Gasteiger partial charge in [-0.3, -0.25) is 4.79 Å². The number of carbonyl (C=O) groups is 1. The van der Waals surface area contributed by atoms with Gasteiger partial charge in [0.25, 0.3) is 5.91 Å². The van der Waals surface area contributed by atoms with Crippen LogP contribution < -0.4 is 15.4 Å². The first kappa shape index (κ1) is 18.9. The fraction of sp³-hybridized carbons (Fsp3) is 0.316. The van der Waals surface area contributed by atoms with Crippen LogP contribution in [-0.4, -0.2) is 25.0 Å². The maximum absolute atomic E-state index is 13.4. The molecule has 1 unspecified atom stereocenters. The van der Waals surface area contributed by atoms with Crippen molar-refractivity contribution in [3.63, 3.8) is 0 Å². The molecule has 2 rings (SSSR count). The van der Waals surface area contributed by atoms with Crippen molar-refractivity contribution in [2.45, 2.75) is 26.0 Å². The molecule has 134 valence electrons. The molecule has 0 aromatic heterocycles. The Morgan fingerprint density at radius 2 is 1.84 bits per heavy atom. The smallest absolute Gasteiger partial charge is 0.265 e. The molecule has 2 N–H and O–H groups in total. The summed E-state index contributed by atoms with van der Waals surface area (Å²) in [6.07, 6.45) is -0.958. The van der Waals surface area contributed by atoms with Crippen LogP contribution in [0.3, 0.4) is 0 Å². The minimum Gasteiger partial charge on any atom is -0.476 e. The Bertz CT molecular complexity index is 695. The van der Waals surface area contributed by atoms with Gasteiger partial charge in [0.2, 0.25) is 6.10 Å². The number of halogens is 2. The summed E-state index contributed by atoms with van der Waals surface area (Å²) in [5.41, 5.74) is 0.626. The van der Waals surface area contributed by atoms with Crippen LogP contribution in [0.2, 0.25) is 0 Å². The highest BCUT2D eigenvalue weighted by atomic mass is 19.2. The Morgan fingerprint density at radius 1 is 1.12 bits per heavy atom. The predicted octanol–water partition coefficient (Wildman–Crippen LogP) is 3.20. The molecular formula is C19H22F2N2O2. The number of amides is 1. The van der Waals surface area contributed by atoms with E-state index in [0.717, 1.165) is 18.7 Å². The van der Waals surface area contributed by atoms with Gasteiger partial charge in [0.1, 0.15) is 5.75 Å². The molecule has 0 spiro atoms. The van der Waals surface area contributed by atoms with E-state index in [9.17, 15) is 13.6 Å². The topological polar surface area (TPSA) is 50.4 Å². The number of likely N-dealkylation sites (N-methyl/N-ethyl adjacent to an activating group) is 1. The van der Waals surface area contributed by atoms with Gasteiger partial charge in [0.15, 0.2) is 11.6 Å². The molecule has 0 aliphatic rings. The molecule has 2 aromatic carbocycles. The maximum atomic E-state index is 13.4. The second kappa shape index (κ2) is 9.13. The number of nitrogens with one attached hydrogen (secondary N) is 2. The van der Waals surface area contributed by atoms with Crippen molar-refractivity contribution in [2.75, 3.05) is 13.1 Å². The first-order chi connectivity index (χ1) is 12.0. The quantitative estimate of drug-likeness (QED) is 0.770. The summed E-state index contributed by atoms with van der Waals surface area (Å²) in [5.74, 6) is -2.25. The van der Waals surface area contributed by atoms with E-state index in [4.69, 9.17) is 4.74 Å². The molecule has 6 heteroatoms. The predicted molar refractivity (Wildman–Crippen MR) is 92.3 cm³/mol. The zero-order valence-electron chi connectivity index (χ0n) is 14.3. The normalized spacial score (nSPS) is 13.1. The summed E-state index contributed by atoms with van der Waals surface area (Å²) in [7, 11) is 0. The third-order valence-electron chi connectivity index (χ3n) is 3.62. The van der Waals surface area contributed by atoms with Crippen molar-refractivity contribution >= 4 is 5.91 Å². The average molecular weight is 348 g/mol. The van der Waals surface area contributed by atoms with Crippen LogP contribution in [0, 0.1) is 11.6 Å². The Kier molecular flexibility index (Phi) is 6.89. The van der Waals surface area contributed by atoms with Gasteiger partial charge in [-0.25, -0.2) is 8.78 Å². The summed E-state index contributed by atoms with van der Waals surface area (Å²) in [4.78, 5) is 12.6. The van der Waals surface area contributed by atoms with E-state index in [2.05, 4.69) is 10.6 Å². The third kappa shape index (κ3) is 5.53. The highest BCUT2D eigenvalue weighted by Crippen LogP contribution is 2.24. The van der Waals surface area contributed by atoms with Gasteiger partial charge in [-0.05, 0) is 25.6 Å². The van der Waals surface area contributed by atoms with Crippen molar-refractivity contribution in [1.82, 2.24) is 10.6 Å². The molecule has 0 bridgehead atoms. The van der Waals surface area contributed by atoms with E-state index in [0.29, 0.717) is 12.1 Å². The molecule has 0 saturated heterocycles. The lowest BCUT2D eigenvalue weighted by Crippen LogP contribution is -2.41. The number of carbonyl (C=O) groups excluding carboxylic acids is 1. The number of benzene rings is 2. The van der Waals surface area contributed by atoms with Crippen LogP contribution in [0.5, 0.6) is 5.75 Å². The lowest BCUT2D eigenvalue weighted by molar-refractivity contribution is -0.128. The highest BCUT2D eigenvalue weighted by Gasteiger charge is 2.23. The fourth-order valence-electron chi connectivity index (χ4n) is 2.35. The highest BCUT2D eigenvalue weighted by molar-refractivity contribution is 5.82. The molecular weight excluding hydrogens is 326 g/mol. The fourth-order valence-corrected chi connectivity index (χ4v) is 2.35. The summed E-state index contributed by atoms with van der Waals surface area (Å²) in [6.45, 7) is 5.16. The Hall–Kier alpha value is -2.47. The molecule has 1 amide bonds. The summed E-state index contributed by atoms with van der Waals surface area (Å²) in [5, 5.41) is 6.01. The number of hydrogen-bond donors (Lipinski definition) is 2. The molecule has 0 radical (unpaired) electrons. The summed E-state index contributed by atoms with van der Waals surface area (Å²) >= 11 is 0. The molecule has 0 aliphatic carbocycles. The van der Waals surface area contributed by atoms with E-state index in [1.54, 1.807) is 24.3 Å². The summed E-state index contributed by atoms with van der Waals surface area (Å²) < 4.78 is 32.1. The minimum absolute atomic E-state index is 0.0858. The standard InChI is InChI=1S/C19H22F2N2O2/c1-3-22-13(2)12-23-19(24)18(14-7-5-4-6-8-14)25-15-9-10-16(20)17(21)11-15/h4-11,13,18,22H,3,12H2,1-2H3,(H,23,24)/t13-,18?/m1/s1. The second-order valence-electron chi connectivity index (χ2n) is 5.69. The van der Waals surface area contributed by atoms with Gasteiger partial charge < -0.3 is 15.4 Å². The average Bonchev–Trinajstić information content (AvgIpc) is 2.61. The van der Waals surface area contributed by atoms with E-state index in [1.165, 1.54) is 6.07 Å². The molecule has 2 aromatic rings. The second-order valence-corrected chi connectivity index (χ2v) is 5.69. The monoisotopic (exact) mass is 348 g/mol. The lowest BCUT2D eigenvalue weighted by Gasteiger charge is -2.21. The maximum Gasteiger partial charge on any atom is 0.265 e. The number of ether oxygens (including phenoxy) is 1. The largest absolute Gasteiger partial charge is 0.476 e. The Morgan fingerprint density at radius 3 is 2.48 bits per heavy atom. The SMILES string of the molecule is CCN[C@H](C)CNC(=O)C(Oc1ccc(F)c(F)c1)c1ccccc1. The van der Waals surface area contributed by atoms with Gasteiger partial charge in [-0.2, -0.15) is 0 Å². The number of hydrogen-bond acceptors (Lipinski definition) is 3. The molecule has 2 atom stereocenters. The van der Waals surface area contributed by atoms with Gasteiger partial charge in [0.05, 0.1) is 0 Å². The van der Waals surface area contributed by atoms with Crippen molar-refractivity contribution in [1.29, 1.82) is 0 Å². The third-order valence-corrected chi connectivity index (χ3v) is 3.62. The van der Waals surface area contributed by atoms with Crippen LogP contribution in [0.15, 0.2) is 48.5 Å².